The average Bonchev–Trinajstić information content (AvgIpc) is 3.50. The summed E-state index contributed by atoms with van der Waals surface area (Å²) in [7, 11) is -0.932. The first-order valence-corrected chi connectivity index (χ1v) is 14.3. The summed E-state index contributed by atoms with van der Waals surface area (Å²) in [6, 6.07) is 0.460. The van der Waals surface area contributed by atoms with E-state index in [1.807, 2.05) is 12.2 Å². The molecule has 4 rings (SSSR count). The van der Waals surface area contributed by atoms with E-state index < -0.39 is 53.1 Å². The van der Waals surface area contributed by atoms with Crippen LogP contribution in [0.15, 0.2) is 12.3 Å². The van der Waals surface area contributed by atoms with Gasteiger partial charge in [0, 0.05) is 58.3 Å². The molecule has 2 N–H and O–H groups in total. The molecule has 38 heavy (non-hydrogen) atoms. The number of alkyl halides is 5. The summed E-state index contributed by atoms with van der Waals surface area (Å²) in [6.45, 7) is 0.834. The number of pyridine rings is 1. The molecule has 0 radical (unpaired) electrons. The van der Waals surface area contributed by atoms with E-state index in [0.29, 0.717) is 30.9 Å². The Morgan fingerprint density at radius 3 is 2.55 bits per heavy atom. The molecule has 208 valence electrons. The Balaban J connectivity index is 1.70. The number of nitrogens with zero attached hydrogens (tertiary/aromatic N) is 3. The van der Waals surface area contributed by atoms with Crippen LogP contribution in [-0.2, 0) is 10.8 Å². The van der Waals surface area contributed by atoms with E-state index in [9.17, 15) is 35.8 Å². The second-order valence-corrected chi connectivity index (χ2v) is 11.9. The van der Waals surface area contributed by atoms with Gasteiger partial charge in [-0.2, -0.15) is 13.2 Å². The van der Waals surface area contributed by atoms with Gasteiger partial charge in [-0.3, -0.25) is 13.8 Å². The number of likely N-dealkylation sites (tertiary alicyclic amines) is 1. The fourth-order valence-corrected chi connectivity index (χ4v) is 6.72. The number of anilines is 1. The van der Waals surface area contributed by atoms with Crippen LogP contribution in [-0.4, -0.2) is 73.7 Å². The molecule has 0 bridgehead atoms. The van der Waals surface area contributed by atoms with Gasteiger partial charge in [0.25, 0.3) is 18.2 Å². The maximum absolute atomic E-state index is 14.1. The van der Waals surface area contributed by atoms with Crippen molar-refractivity contribution in [2.45, 2.75) is 57.3 Å². The third-order valence-corrected chi connectivity index (χ3v) is 8.92. The molecule has 0 aromatic carbocycles. The summed E-state index contributed by atoms with van der Waals surface area (Å²) in [5.74, 6) is -0.615. The number of hydrogen-bond donors (Lipinski definition) is 2. The van der Waals surface area contributed by atoms with E-state index in [-0.39, 0.29) is 33.2 Å². The van der Waals surface area contributed by atoms with Gasteiger partial charge in [0.05, 0.1) is 4.88 Å². The molecule has 4 heterocycles. The molecule has 0 aliphatic carbocycles. The molecule has 2 amide bonds. The lowest BCUT2D eigenvalue weighted by Crippen LogP contribution is -2.39. The number of halogens is 5. The van der Waals surface area contributed by atoms with Gasteiger partial charge >= 0.3 is 6.18 Å². The standard InChI is InChI=1S/C23H26F5N5O3S2/c1-12-3-2-6-33(12)22(35)17-18(37-21(32-17)20(34)31-13-4-7-38(36)8-5-13)15-10-29-16(9-14(15)19(24)25)30-11-23(26,27)28/h9-10,12-13,19H,2-8,11H2,1H3,(H,29,30)(H,31,34). The highest BCUT2D eigenvalue weighted by Gasteiger charge is 2.34. The largest absolute Gasteiger partial charge is 0.405 e. The molecule has 1 atom stereocenters. The molecule has 8 nitrogen and oxygen atoms in total. The summed E-state index contributed by atoms with van der Waals surface area (Å²) in [6.07, 6.45) is -4.17. The number of carbonyl (C=O) groups excluding carboxylic acids is 2. The first kappa shape index (κ1) is 28.3. The highest BCUT2D eigenvalue weighted by molar-refractivity contribution is 7.85. The van der Waals surface area contributed by atoms with Crippen molar-refractivity contribution in [1.29, 1.82) is 0 Å². The van der Waals surface area contributed by atoms with E-state index in [1.54, 1.807) is 4.90 Å². The molecule has 1 unspecified atom stereocenters. The summed E-state index contributed by atoms with van der Waals surface area (Å²) in [5.41, 5.74) is -1.01. The lowest BCUT2D eigenvalue weighted by Gasteiger charge is -2.22. The lowest BCUT2D eigenvalue weighted by molar-refractivity contribution is -0.115. The Labute approximate surface area is 221 Å². The maximum atomic E-state index is 14.1. The van der Waals surface area contributed by atoms with Crippen molar-refractivity contribution in [1.82, 2.24) is 20.2 Å². The van der Waals surface area contributed by atoms with Crippen molar-refractivity contribution < 1.29 is 35.8 Å². The van der Waals surface area contributed by atoms with E-state index in [1.165, 1.54) is 0 Å². The third-order valence-electron chi connectivity index (χ3n) is 6.45. The lowest BCUT2D eigenvalue weighted by atomic mass is 10.1. The van der Waals surface area contributed by atoms with Crippen LogP contribution in [0.3, 0.4) is 0 Å². The van der Waals surface area contributed by atoms with Crippen LogP contribution in [0.4, 0.5) is 27.8 Å². The van der Waals surface area contributed by atoms with Gasteiger partial charge in [0.2, 0.25) is 0 Å². The van der Waals surface area contributed by atoms with Gasteiger partial charge in [-0.15, -0.1) is 11.3 Å². The van der Waals surface area contributed by atoms with Crippen molar-refractivity contribution in [2.75, 3.05) is 29.9 Å². The smallest absolute Gasteiger partial charge is 0.361 e. The Kier molecular flexibility index (Phi) is 8.65. The topological polar surface area (TPSA) is 104 Å². The van der Waals surface area contributed by atoms with Crippen LogP contribution in [0, 0.1) is 0 Å². The zero-order valence-electron chi connectivity index (χ0n) is 20.3. The van der Waals surface area contributed by atoms with Gasteiger partial charge in [0.1, 0.15) is 18.1 Å². The Bertz CT molecular complexity index is 1210. The first-order chi connectivity index (χ1) is 17.9. The highest BCUT2D eigenvalue weighted by Crippen LogP contribution is 2.39. The molecule has 0 spiro atoms. The molecule has 2 fully saturated rings. The monoisotopic (exact) mass is 579 g/mol. The van der Waals surface area contributed by atoms with Crippen molar-refractivity contribution in [2.24, 2.45) is 0 Å². The quantitative estimate of drug-likeness (QED) is 0.472. The predicted molar refractivity (Wildman–Crippen MR) is 133 cm³/mol. The van der Waals surface area contributed by atoms with Crippen LogP contribution in [0.2, 0.25) is 0 Å². The normalized spacial score (nSPS) is 22.1. The number of hydrogen-bond acceptors (Lipinski definition) is 7. The van der Waals surface area contributed by atoms with Crippen molar-refractivity contribution in [3.05, 3.63) is 28.5 Å². The Hall–Kier alpha value is -2.68. The number of amides is 2. The minimum Gasteiger partial charge on any atom is -0.361 e. The van der Waals surface area contributed by atoms with Crippen LogP contribution < -0.4 is 10.6 Å². The SMILES string of the molecule is CC1CCCN1C(=O)c1nc(C(=O)NC2CCS(=O)CC2)sc1-c1cnc(NCC(F)(F)F)cc1C(F)F. The first-order valence-electron chi connectivity index (χ1n) is 12.0. The summed E-state index contributed by atoms with van der Waals surface area (Å²) in [5, 5.41) is 4.68. The Morgan fingerprint density at radius 1 is 1.24 bits per heavy atom. The van der Waals surface area contributed by atoms with Gasteiger partial charge in [-0.25, -0.2) is 18.7 Å². The summed E-state index contributed by atoms with van der Waals surface area (Å²) < 4.78 is 77.5. The third kappa shape index (κ3) is 6.65. The van der Waals surface area contributed by atoms with Gasteiger partial charge < -0.3 is 15.5 Å². The van der Waals surface area contributed by atoms with E-state index in [4.69, 9.17) is 0 Å². The molecule has 0 saturated carbocycles. The molecule has 2 aromatic rings. The predicted octanol–water partition coefficient (Wildman–Crippen LogP) is 4.38. The number of aromatic nitrogens is 2. The number of carbonyl (C=O) groups is 2. The highest BCUT2D eigenvalue weighted by atomic mass is 32.2. The zero-order valence-corrected chi connectivity index (χ0v) is 21.9. The molecule has 2 aromatic heterocycles. The minimum absolute atomic E-state index is 0.00540. The van der Waals surface area contributed by atoms with Crippen molar-refractivity contribution in [3.8, 4) is 10.4 Å². The maximum Gasteiger partial charge on any atom is 0.405 e. The van der Waals surface area contributed by atoms with Crippen LogP contribution in [0.25, 0.3) is 10.4 Å². The Morgan fingerprint density at radius 2 is 1.95 bits per heavy atom. The van der Waals surface area contributed by atoms with Gasteiger partial charge in [0.15, 0.2) is 5.01 Å². The molecule has 2 aliphatic rings. The molecule has 2 aliphatic heterocycles. The van der Waals surface area contributed by atoms with Gasteiger partial charge in [-0.05, 0) is 38.7 Å². The fourth-order valence-electron chi connectivity index (χ4n) is 4.43. The number of rotatable bonds is 7. The summed E-state index contributed by atoms with van der Waals surface area (Å²) >= 11 is 0.749. The van der Waals surface area contributed by atoms with E-state index in [0.717, 1.165) is 36.4 Å². The molecular weight excluding hydrogens is 553 g/mol. The van der Waals surface area contributed by atoms with Crippen LogP contribution in [0.5, 0.6) is 0 Å². The minimum atomic E-state index is -4.58. The number of thiazole rings is 1. The zero-order chi connectivity index (χ0) is 27.6. The molecule has 2 saturated heterocycles. The van der Waals surface area contributed by atoms with Crippen LogP contribution >= 0.6 is 11.3 Å². The molecule has 15 heteroatoms. The molecular formula is C23H26F5N5O3S2. The van der Waals surface area contributed by atoms with E-state index >= 15 is 0 Å². The average molecular weight is 580 g/mol. The second-order valence-electron chi connectivity index (χ2n) is 9.21. The van der Waals surface area contributed by atoms with Crippen molar-refractivity contribution in [3.63, 3.8) is 0 Å². The number of nitrogens with one attached hydrogen (secondary N) is 2. The van der Waals surface area contributed by atoms with Crippen LogP contribution in [0.1, 0.15) is 64.9 Å². The van der Waals surface area contributed by atoms with Gasteiger partial charge in [-0.1, -0.05) is 0 Å². The fraction of sp³-hybridized carbons (Fsp3) is 0.565. The second kappa shape index (κ2) is 11.6. The van der Waals surface area contributed by atoms with Crippen molar-refractivity contribution >= 4 is 39.8 Å². The van der Waals surface area contributed by atoms with E-state index in [2.05, 4.69) is 15.3 Å². The summed E-state index contributed by atoms with van der Waals surface area (Å²) in [4.78, 5) is 36.1.